The van der Waals surface area contributed by atoms with E-state index in [0.717, 1.165) is 25.7 Å². The lowest BCUT2D eigenvalue weighted by Crippen LogP contribution is -2.43. The molecule has 1 aliphatic heterocycles. The molecule has 2 rings (SSSR count). The van der Waals surface area contributed by atoms with Crippen LogP contribution in [0.1, 0.15) is 44.9 Å². The van der Waals surface area contributed by atoms with Crippen LogP contribution in [0, 0.1) is 11.8 Å². The fourth-order valence-electron chi connectivity index (χ4n) is 2.89. The summed E-state index contributed by atoms with van der Waals surface area (Å²) in [5.41, 5.74) is 5.28. The highest BCUT2D eigenvalue weighted by molar-refractivity contribution is 5.97. The third kappa shape index (κ3) is 2.89. The monoisotopic (exact) mass is 252 g/mol. The van der Waals surface area contributed by atoms with E-state index in [9.17, 15) is 14.4 Å². The minimum atomic E-state index is -0.224. The zero-order chi connectivity index (χ0) is 13.1. The third-order valence-electron chi connectivity index (χ3n) is 4.07. The molecule has 0 aromatic rings. The highest BCUT2D eigenvalue weighted by Gasteiger charge is 2.31. The minimum Gasteiger partial charge on any atom is -0.369 e. The van der Waals surface area contributed by atoms with Gasteiger partial charge in [0, 0.05) is 25.3 Å². The average molecular weight is 252 g/mol. The quantitative estimate of drug-likeness (QED) is 0.755. The summed E-state index contributed by atoms with van der Waals surface area (Å²) in [4.78, 5) is 35.8. The van der Waals surface area contributed by atoms with Crippen molar-refractivity contribution in [3.8, 4) is 0 Å². The topological polar surface area (TPSA) is 80.5 Å². The zero-order valence-electron chi connectivity index (χ0n) is 10.6. The summed E-state index contributed by atoms with van der Waals surface area (Å²) in [5.74, 6) is 0.0192. The molecule has 0 spiro atoms. The van der Waals surface area contributed by atoms with E-state index >= 15 is 0 Å². The number of imide groups is 1. The number of nitrogens with two attached hydrogens (primary N) is 1. The first-order valence-corrected chi connectivity index (χ1v) is 6.70. The lowest BCUT2D eigenvalue weighted by molar-refractivity contribution is -0.149. The Morgan fingerprint density at radius 3 is 2.17 bits per heavy atom. The number of rotatable bonds is 3. The Kier molecular flexibility index (Phi) is 3.99. The summed E-state index contributed by atoms with van der Waals surface area (Å²) in [6.07, 6.45) is 5.00. The molecule has 0 aromatic heterocycles. The molecule has 1 heterocycles. The van der Waals surface area contributed by atoms with Crippen molar-refractivity contribution in [1.29, 1.82) is 0 Å². The van der Waals surface area contributed by atoms with E-state index in [1.54, 1.807) is 0 Å². The molecule has 2 N–H and O–H groups in total. The van der Waals surface area contributed by atoms with Crippen LogP contribution in [0.3, 0.4) is 0 Å². The maximum absolute atomic E-state index is 11.7. The second-order valence-electron chi connectivity index (χ2n) is 5.37. The van der Waals surface area contributed by atoms with Gasteiger partial charge in [0.25, 0.3) is 0 Å². The lowest BCUT2D eigenvalue weighted by atomic mass is 9.81. The summed E-state index contributed by atoms with van der Waals surface area (Å²) in [6.45, 7) is 0.531. The Morgan fingerprint density at radius 2 is 1.67 bits per heavy atom. The Bertz CT molecular complexity index is 343. The molecule has 1 aliphatic carbocycles. The Hall–Kier alpha value is -1.39. The fourth-order valence-corrected chi connectivity index (χ4v) is 2.89. The van der Waals surface area contributed by atoms with Gasteiger partial charge in [0.15, 0.2) is 0 Å². The summed E-state index contributed by atoms with van der Waals surface area (Å²) >= 11 is 0. The number of carbonyl (C=O) groups is 3. The van der Waals surface area contributed by atoms with Crippen LogP contribution in [0.4, 0.5) is 0 Å². The van der Waals surface area contributed by atoms with Crippen molar-refractivity contribution in [2.75, 3.05) is 6.54 Å². The fraction of sp³-hybridized carbons (Fsp3) is 0.769. The second-order valence-corrected chi connectivity index (χ2v) is 5.37. The molecule has 0 bridgehead atoms. The molecule has 0 radical (unpaired) electrons. The number of hydrogen-bond acceptors (Lipinski definition) is 3. The molecule has 18 heavy (non-hydrogen) atoms. The van der Waals surface area contributed by atoms with Gasteiger partial charge >= 0.3 is 0 Å². The number of likely N-dealkylation sites (tertiary alicyclic amines) is 1. The van der Waals surface area contributed by atoms with Crippen molar-refractivity contribution in [2.24, 2.45) is 17.6 Å². The van der Waals surface area contributed by atoms with Crippen LogP contribution in [-0.4, -0.2) is 29.2 Å². The van der Waals surface area contributed by atoms with Gasteiger partial charge in [0.1, 0.15) is 0 Å². The number of carbonyl (C=O) groups excluding carboxylic acids is 3. The number of amides is 3. The smallest absolute Gasteiger partial charge is 0.229 e. The summed E-state index contributed by atoms with van der Waals surface area (Å²) in [7, 11) is 0. The first-order chi connectivity index (χ1) is 8.58. The average Bonchev–Trinajstić information content (AvgIpc) is 2.34. The van der Waals surface area contributed by atoms with Crippen molar-refractivity contribution in [2.45, 2.75) is 44.9 Å². The molecule has 2 fully saturated rings. The predicted molar refractivity (Wildman–Crippen MR) is 65.2 cm³/mol. The van der Waals surface area contributed by atoms with Crippen molar-refractivity contribution in [1.82, 2.24) is 4.90 Å². The van der Waals surface area contributed by atoms with Crippen molar-refractivity contribution >= 4 is 17.7 Å². The lowest BCUT2D eigenvalue weighted by Gasteiger charge is -2.32. The third-order valence-corrected chi connectivity index (χ3v) is 4.07. The van der Waals surface area contributed by atoms with E-state index in [1.807, 2.05) is 0 Å². The number of primary amides is 1. The van der Waals surface area contributed by atoms with Crippen LogP contribution < -0.4 is 5.73 Å². The van der Waals surface area contributed by atoms with Crippen LogP contribution in [0.2, 0.25) is 0 Å². The van der Waals surface area contributed by atoms with Crippen LogP contribution in [0.15, 0.2) is 0 Å². The van der Waals surface area contributed by atoms with Gasteiger partial charge in [0.2, 0.25) is 17.7 Å². The molecule has 1 saturated carbocycles. The zero-order valence-corrected chi connectivity index (χ0v) is 10.6. The van der Waals surface area contributed by atoms with E-state index in [0.29, 0.717) is 31.7 Å². The summed E-state index contributed by atoms with van der Waals surface area (Å²) in [5, 5.41) is 0. The van der Waals surface area contributed by atoms with E-state index in [2.05, 4.69) is 0 Å². The van der Waals surface area contributed by atoms with E-state index in [4.69, 9.17) is 5.73 Å². The molecular weight excluding hydrogens is 232 g/mol. The molecule has 1 saturated heterocycles. The molecule has 3 amide bonds. The molecular formula is C13H20N2O3. The van der Waals surface area contributed by atoms with Crippen LogP contribution in [-0.2, 0) is 14.4 Å². The standard InChI is InChI=1S/C13H20N2O3/c14-13(18)10-6-4-9(5-7-10)8-15-11(16)2-1-3-12(15)17/h9-10H,1-8H2,(H2,14,18). The van der Waals surface area contributed by atoms with Gasteiger partial charge in [-0.25, -0.2) is 0 Å². The first kappa shape index (κ1) is 13.1. The normalized spacial score (nSPS) is 29.4. The van der Waals surface area contributed by atoms with Gasteiger partial charge in [-0.2, -0.15) is 0 Å². The van der Waals surface area contributed by atoms with Crippen molar-refractivity contribution in [3.05, 3.63) is 0 Å². The Labute approximate surface area is 107 Å². The van der Waals surface area contributed by atoms with Gasteiger partial charge in [-0.15, -0.1) is 0 Å². The Balaban J connectivity index is 1.85. The minimum absolute atomic E-state index is 0.0194. The maximum Gasteiger partial charge on any atom is 0.229 e. The number of hydrogen-bond donors (Lipinski definition) is 1. The highest BCUT2D eigenvalue weighted by Crippen LogP contribution is 2.30. The van der Waals surface area contributed by atoms with Crippen molar-refractivity contribution in [3.63, 3.8) is 0 Å². The molecule has 0 atom stereocenters. The molecule has 2 aliphatic rings. The SMILES string of the molecule is NC(=O)C1CCC(CN2C(=O)CCCC2=O)CC1. The van der Waals surface area contributed by atoms with Gasteiger partial charge in [-0.3, -0.25) is 19.3 Å². The summed E-state index contributed by atoms with van der Waals surface area (Å²) < 4.78 is 0. The number of nitrogens with zero attached hydrogens (tertiary/aromatic N) is 1. The second kappa shape index (κ2) is 5.50. The molecule has 0 unspecified atom stereocenters. The van der Waals surface area contributed by atoms with Gasteiger partial charge in [0.05, 0.1) is 0 Å². The van der Waals surface area contributed by atoms with Gasteiger partial charge in [-0.05, 0) is 38.0 Å². The van der Waals surface area contributed by atoms with E-state index in [1.165, 1.54) is 4.90 Å². The van der Waals surface area contributed by atoms with E-state index in [-0.39, 0.29) is 23.6 Å². The maximum atomic E-state index is 11.7. The van der Waals surface area contributed by atoms with Crippen LogP contribution in [0.25, 0.3) is 0 Å². The van der Waals surface area contributed by atoms with Crippen molar-refractivity contribution < 1.29 is 14.4 Å². The largest absolute Gasteiger partial charge is 0.369 e. The van der Waals surface area contributed by atoms with Gasteiger partial charge < -0.3 is 5.73 Å². The molecule has 0 aromatic carbocycles. The molecule has 5 heteroatoms. The van der Waals surface area contributed by atoms with Crippen LogP contribution >= 0.6 is 0 Å². The number of piperidine rings is 1. The predicted octanol–water partition coefficient (Wildman–Crippen LogP) is 0.817. The molecule has 100 valence electrons. The van der Waals surface area contributed by atoms with Crippen LogP contribution in [0.5, 0.6) is 0 Å². The highest BCUT2D eigenvalue weighted by atomic mass is 16.2. The van der Waals surface area contributed by atoms with Gasteiger partial charge in [-0.1, -0.05) is 0 Å². The molecule has 5 nitrogen and oxygen atoms in total. The summed E-state index contributed by atoms with van der Waals surface area (Å²) in [6, 6.07) is 0. The first-order valence-electron chi connectivity index (χ1n) is 6.70. The van der Waals surface area contributed by atoms with E-state index < -0.39 is 0 Å². The Morgan fingerprint density at radius 1 is 1.11 bits per heavy atom.